The fraction of sp³-hybridized carbons (Fsp3) is 0.333. The van der Waals surface area contributed by atoms with E-state index in [4.69, 9.17) is 0 Å². The van der Waals surface area contributed by atoms with Gasteiger partial charge >= 0.3 is 5.91 Å². The normalized spacial score (nSPS) is 9.55. The first-order chi connectivity index (χ1) is 5.27. The predicted octanol–water partition coefficient (Wildman–Crippen LogP) is 0.879. The van der Waals surface area contributed by atoms with Crippen LogP contribution in [0.1, 0.15) is 23.1 Å². The number of nitrogens with one attached hydrogen (secondary N) is 1. The number of H-pyrrole nitrogens is 1. The van der Waals surface area contributed by atoms with E-state index in [1.165, 1.54) is 6.07 Å². The van der Waals surface area contributed by atoms with Gasteiger partial charge in [-0.1, -0.05) is 6.92 Å². The molecule has 0 saturated heterocycles. The minimum atomic E-state index is -0.808. The predicted molar refractivity (Wildman–Crippen MR) is 38.1 cm³/mol. The van der Waals surface area contributed by atoms with E-state index >= 15 is 0 Å². The number of nitrogens with zero attached hydrogens (tertiary/aromatic N) is 2. The second-order valence-corrected chi connectivity index (χ2v) is 2.02. The van der Waals surface area contributed by atoms with Gasteiger partial charge in [0.15, 0.2) is 0 Å². The van der Waals surface area contributed by atoms with Gasteiger partial charge in [-0.05, 0) is 12.5 Å². The van der Waals surface area contributed by atoms with Gasteiger partial charge < -0.3 is 0 Å². The molecule has 0 spiro atoms. The molecule has 0 aliphatic rings. The van der Waals surface area contributed by atoms with Crippen molar-refractivity contribution in [3.05, 3.63) is 22.4 Å². The van der Waals surface area contributed by atoms with Crippen LogP contribution < -0.4 is 0 Å². The quantitative estimate of drug-likeness (QED) is 0.640. The molecule has 0 atom stereocenters. The number of carbonyl (C=O) groups excluding carboxylic acids is 1. The molecule has 0 unspecified atom stereocenters. The van der Waals surface area contributed by atoms with Crippen LogP contribution in [0.3, 0.4) is 0 Å². The zero-order valence-corrected chi connectivity index (χ0v) is 6.00. The van der Waals surface area contributed by atoms with Crippen molar-refractivity contribution < 1.29 is 4.79 Å². The highest BCUT2D eigenvalue weighted by molar-refractivity contribution is 5.92. The number of amides is 1. The average Bonchev–Trinajstić information content (AvgIpc) is 2.50. The van der Waals surface area contributed by atoms with Gasteiger partial charge in [-0.25, -0.2) is 0 Å². The molecule has 0 fully saturated rings. The maximum absolute atomic E-state index is 10.6. The van der Waals surface area contributed by atoms with E-state index in [9.17, 15) is 9.70 Å². The molecular formula is C6H7N3O2. The average molecular weight is 153 g/mol. The van der Waals surface area contributed by atoms with Crippen LogP contribution in [0.2, 0.25) is 0 Å². The van der Waals surface area contributed by atoms with Crippen molar-refractivity contribution in [1.82, 2.24) is 10.2 Å². The molecule has 11 heavy (non-hydrogen) atoms. The lowest BCUT2D eigenvalue weighted by Gasteiger charge is -1.79. The minimum absolute atomic E-state index is 0.150. The summed E-state index contributed by atoms with van der Waals surface area (Å²) in [5.74, 6) is -0.808. The summed E-state index contributed by atoms with van der Waals surface area (Å²) >= 11 is 0. The lowest BCUT2D eigenvalue weighted by Crippen LogP contribution is -1.92. The number of carbonyl (C=O) groups is 1. The molecule has 0 saturated carbocycles. The molecule has 0 aliphatic heterocycles. The summed E-state index contributed by atoms with van der Waals surface area (Å²) in [5, 5.41) is 8.42. The largest absolute Gasteiger partial charge is 0.334 e. The Morgan fingerprint density at radius 3 is 3.00 bits per heavy atom. The van der Waals surface area contributed by atoms with E-state index < -0.39 is 5.91 Å². The van der Waals surface area contributed by atoms with Crippen LogP contribution in [0.4, 0.5) is 0 Å². The van der Waals surface area contributed by atoms with Crippen molar-refractivity contribution in [3.8, 4) is 0 Å². The van der Waals surface area contributed by atoms with Crippen LogP contribution in [0.5, 0.6) is 0 Å². The van der Waals surface area contributed by atoms with Gasteiger partial charge in [-0.2, -0.15) is 5.10 Å². The van der Waals surface area contributed by atoms with Gasteiger partial charge in [0.1, 0.15) is 5.69 Å². The molecule has 1 heterocycles. The minimum Gasteiger partial charge on any atom is -0.272 e. The molecule has 0 aromatic carbocycles. The third-order valence-electron chi connectivity index (χ3n) is 1.31. The fourth-order valence-electron chi connectivity index (χ4n) is 0.703. The Balaban J connectivity index is 2.88. The SMILES string of the molecule is CCc1cc(C(=O)N=O)[nH]n1. The van der Waals surface area contributed by atoms with E-state index in [-0.39, 0.29) is 5.69 Å². The Morgan fingerprint density at radius 1 is 1.82 bits per heavy atom. The van der Waals surface area contributed by atoms with Crippen molar-refractivity contribution >= 4 is 5.91 Å². The number of hydrogen-bond acceptors (Lipinski definition) is 3. The lowest BCUT2D eigenvalue weighted by atomic mass is 10.3. The Kier molecular flexibility index (Phi) is 2.10. The number of hydrogen-bond donors (Lipinski definition) is 1. The fourth-order valence-corrected chi connectivity index (χ4v) is 0.703. The highest BCUT2D eigenvalue weighted by Gasteiger charge is 2.07. The van der Waals surface area contributed by atoms with Crippen molar-refractivity contribution in [1.29, 1.82) is 0 Å². The molecule has 1 rings (SSSR count). The maximum Gasteiger partial charge on any atom is 0.334 e. The number of rotatable bonds is 2. The summed E-state index contributed by atoms with van der Waals surface area (Å²) < 4.78 is 0. The molecule has 5 heteroatoms. The van der Waals surface area contributed by atoms with E-state index in [1.807, 2.05) is 6.92 Å². The Bertz CT molecular complexity index is 279. The first kappa shape index (κ1) is 7.59. The van der Waals surface area contributed by atoms with Gasteiger partial charge in [-0.3, -0.25) is 9.89 Å². The maximum atomic E-state index is 10.6. The summed E-state index contributed by atoms with van der Waals surface area (Å²) in [4.78, 5) is 20.3. The van der Waals surface area contributed by atoms with Crippen molar-refractivity contribution in [2.45, 2.75) is 13.3 Å². The molecular weight excluding hydrogens is 146 g/mol. The smallest absolute Gasteiger partial charge is 0.272 e. The summed E-state index contributed by atoms with van der Waals surface area (Å²) in [6, 6.07) is 1.52. The van der Waals surface area contributed by atoms with Gasteiger partial charge in [0.05, 0.1) is 5.69 Å². The standard InChI is InChI=1S/C6H7N3O2/c1-2-4-3-5(8-7-4)6(10)9-11/h3H,2H2,1H3,(H,7,8). The summed E-state index contributed by atoms with van der Waals surface area (Å²) in [6.07, 6.45) is 0.725. The molecule has 1 N–H and O–H groups in total. The van der Waals surface area contributed by atoms with Crippen LogP contribution in [0.25, 0.3) is 0 Å². The highest BCUT2D eigenvalue weighted by Crippen LogP contribution is 2.01. The molecule has 0 bridgehead atoms. The first-order valence-electron chi connectivity index (χ1n) is 3.20. The Labute approximate surface area is 62.8 Å². The summed E-state index contributed by atoms with van der Waals surface area (Å²) in [6.45, 7) is 1.90. The van der Waals surface area contributed by atoms with E-state index in [2.05, 4.69) is 15.4 Å². The number of aromatic nitrogens is 2. The molecule has 1 aromatic heterocycles. The zero-order chi connectivity index (χ0) is 8.27. The molecule has 5 nitrogen and oxygen atoms in total. The Morgan fingerprint density at radius 2 is 2.55 bits per heavy atom. The van der Waals surface area contributed by atoms with Gasteiger partial charge in [0.2, 0.25) is 0 Å². The molecule has 0 radical (unpaired) electrons. The lowest BCUT2D eigenvalue weighted by molar-refractivity contribution is 0.0996. The number of nitroso groups, excluding NO2 is 1. The van der Waals surface area contributed by atoms with Crippen molar-refractivity contribution in [2.75, 3.05) is 0 Å². The van der Waals surface area contributed by atoms with E-state index in [1.54, 1.807) is 0 Å². The topological polar surface area (TPSA) is 75.2 Å². The summed E-state index contributed by atoms with van der Waals surface area (Å²) in [7, 11) is 0. The van der Waals surface area contributed by atoms with Crippen LogP contribution in [-0.2, 0) is 6.42 Å². The Hall–Kier alpha value is -1.52. The van der Waals surface area contributed by atoms with Gasteiger partial charge in [0.25, 0.3) is 0 Å². The summed E-state index contributed by atoms with van der Waals surface area (Å²) in [5.41, 5.74) is 0.897. The third kappa shape index (κ3) is 1.49. The van der Waals surface area contributed by atoms with Gasteiger partial charge in [0, 0.05) is 5.18 Å². The second-order valence-electron chi connectivity index (χ2n) is 2.02. The van der Waals surface area contributed by atoms with E-state index in [0.29, 0.717) is 0 Å². The monoisotopic (exact) mass is 153 g/mol. The van der Waals surface area contributed by atoms with Crippen LogP contribution in [0, 0.1) is 4.91 Å². The zero-order valence-electron chi connectivity index (χ0n) is 6.00. The molecule has 58 valence electrons. The highest BCUT2D eigenvalue weighted by atomic mass is 16.3. The van der Waals surface area contributed by atoms with Gasteiger partial charge in [-0.15, -0.1) is 4.91 Å². The number of aromatic amines is 1. The van der Waals surface area contributed by atoms with Crippen LogP contribution >= 0.6 is 0 Å². The molecule has 1 amide bonds. The van der Waals surface area contributed by atoms with Crippen molar-refractivity contribution in [2.24, 2.45) is 5.18 Å². The molecule has 0 aliphatic carbocycles. The first-order valence-corrected chi connectivity index (χ1v) is 3.20. The van der Waals surface area contributed by atoms with Crippen LogP contribution in [-0.4, -0.2) is 16.1 Å². The van der Waals surface area contributed by atoms with E-state index in [0.717, 1.165) is 12.1 Å². The van der Waals surface area contributed by atoms with Crippen LogP contribution in [0.15, 0.2) is 11.2 Å². The second kappa shape index (κ2) is 3.05. The third-order valence-corrected chi connectivity index (χ3v) is 1.31. The van der Waals surface area contributed by atoms with Crippen molar-refractivity contribution in [3.63, 3.8) is 0 Å². The number of aryl methyl sites for hydroxylation is 1. The molecule has 1 aromatic rings.